The largest absolute Gasteiger partial charge is 0.619 e. The van der Waals surface area contributed by atoms with Gasteiger partial charge in [0, 0.05) is 47.5 Å². The van der Waals surface area contributed by atoms with Crippen molar-refractivity contribution in [3.05, 3.63) is 130 Å². The van der Waals surface area contributed by atoms with Crippen molar-refractivity contribution in [2.24, 2.45) is 0 Å². The van der Waals surface area contributed by atoms with Crippen molar-refractivity contribution in [2.45, 2.75) is 58.0 Å². The minimum absolute atomic E-state index is 0.237. The summed E-state index contributed by atoms with van der Waals surface area (Å²) in [6.07, 6.45) is -1.23. The van der Waals surface area contributed by atoms with Crippen LogP contribution in [0.3, 0.4) is 0 Å². The summed E-state index contributed by atoms with van der Waals surface area (Å²) in [7, 11) is 0. The van der Waals surface area contributed by atoms with Crippen LogP contribution in [0.4, 0.5) is 23.4 Å². The van der Waals surface area contributed by atoms with Crippen molar-refractivity contribution in [2.75, 3.05) is 4.90 Å². The van der Waals surface area contributed by atoms with Crippen molar-refractivity contribution in [1.29, 1.82) is 0 Å². The first-order chi connectivity index (χ1) is 18.5. The van der Waals surface area contributed by atoms with E-state index in [2.05, 4.69) is 37.8 Å². The molecule has 2 aromatic heterocycles. The average Bonchev–Trinajstić information content (AvgIpc) is 2.91. The van der Waals surface area contributed by atoms with Crippen LogP contribution >= 0.6 is 0 Å². The SMILES string of the molecule is CC(C)(C)N(Cc1ccccc1)c1ccc(C(Cc2cc[n+]([O-])cc2)c2ccc(C(F)F)c(C(F)F)c2)cn1. The molecule has 0 N–H and O–H groups in total. The van der Waals surface area contributed by atoms with Gasteiger partial charge < -0.3 is 10.1 Å². The maximum Gasteiger partial charge on any atom is 0.264 e. The Hall–Kier alpha value is -3.94. The Balaban J connectivity index is 1.73. The molecule has 0 aliphatic heterocycles. The molecular formula is C31H31F4N3O. The second-order valence-corrected chi connectivity index (χ2v) is 10.5. The van der Waals surface area contributed by atoms with Crippen molar-refractivity contribution in [1.82, 2.24) is 4.98 Å². The number of pyridine rings is 2. The maximum atomic E-state index is 13.7. The number of aromatic nitrogens is 2. The molecule has 1 unspecified atom stereocenters. The lowest BCUT2D eigenvalue weighted by atomic mass is 9.85. The smallest absolute Gasteiger partial charge is 0.264 e. The molecule has 0 aliphatic carbocycles. The summed E-state index contributed by atoms with van der Waals surface area (Å²) in [5, 5.41) is 11.5. The summed E-state index contributed by atoms with van der Waals surface area (Å²) in [5.74, 6) is 0.303. The van der Waals surface area contributed by atoms with Crippen molar-refractivity contribution in [3.8, 4) is 0 Å². The van der Waals surface area contributed by atoms with Crippen LogP contribution < -0.4 is 9.63 Å². The molecule has 0 radical (unpaired) electrons. The summed E-state index contributed by atoms with van der Waals surface area (Å²) >= 11 is 0. The lowest BCUT2D eigenvalue weighted by molar-refractivity contribution is -0.605. The van der Waals surface area contributed by atoms with Gasteiger partial charge in [0.15, 0.2) is 12.4 Å². The van der Waals surface area contributed by atoms with Crippen molar-refractivity contribution in [3.63, 3.8) is 0 Å². The third-order valence-electron chi connectivity index (χ3n) is 6.74. The lowest BCUT2D eigenvalue weighted by Gasteiger charge is -2.37. The van der Waals surface area contributed by atoms with Gasteiger partial charge in [0.25, 0.3) is 12.9 Å². The highest BCUT2D eigenvalue weighted by Gasteiger charge is 2.26. The van der Waals surface area contributed by atoms with Crippen LogP contribution in [0.1, 0.15) is 72.9 Å². The molecule has 0 amide bonds. The maximum absolute atomic E-state index is 13.7. The van der Waals surface area contributed by atoms with Gasteiger partial charge in [-0.15, -0.1) is 0 Å². The average molecular weight is 538 g/mol. The summed E-state index contributed by atoms with van der Waals surface area (Å²) < 4.78 is 55.0. The number of anilines is 1. The normalized spacial score (nSPS) is 12.6. The van der Waals surface area contributed by atoms with Crippen molar-refractivity contribution >= 4 is 5.82 Å². The number of halogens is 4. The minimum atomic E-state index is -3.04. The number of hydrogen-bond acceptors (Lipinski definition) is 3. The van der Waals surface area contributed by atoms with E-state index < -0.39 is 29.9 Å². The van der Waals surface area contributed by atoms with E-state index >= 15 is 0 Å². The molecule has 4 rings (SSSR count). The van der Waals surface area contributed by atoms with Crippen LogP contribution in [0.25, 0.3) is 0 Å². The van der Waals surface area contributed by atoms with Gasteiger partial charge in [0.2, 0.25) is 0 Å². The minimum Gasteiger partial charge on any atom is -0.619 e. The summed E-state index contributed by atoms with van der Waals surface area (Å²) in [5.41, 5.74) is 1.57. The molecule has 4 nitrogen and oxygen atoms in total. The highest BCUT2D eigenvalue weighted by atomic mass is 19.3. The lowest BCUT2D eigenvalue weighted by Crippen LogP contribution is -2.41. The summed E-state index contributed by atoms with van der Waals surface area (Å²) in [6, 6.07) is 20.9. The van der Waals surface area contributed by atoms with Crippen LogP contribution in [-0.2, 0) is 13.0 Å². The highest BCUT2D eigenvalue weighted by Crippen LogP contribution is 2.36. The highest BCUT2D eigenvalue weighted by molar-refractivity contribution is 5.46. The molecule has 1 atom stereocenters. The van der Waals surface area contributed by atoms with Gasteiger partial charge in [-0.25, -0.2) is 22.5 Å². The Bertz CT molecular complexity index is 1360. The van der Waals surface area contributed by atoms with Crippen LogP contribution in [0.2, 0.25) is 0 Å². The van der Waals surface area contributed by atoms with Crippen LogP contribution in [0.15, 0.2) is 91.4 Å². The fourth-order valence-corrected chi connectivity index (χ4v) is 4.63. The van der Waals surface area contributed by atoms with E-state index in [1.807, 2.05) is 30.3 Å². The van der Waals surface area contributed by atoms with E-state index in [0.717, 1.165) is 34.6 Å². The first-order valence-electron chi connectivity index (χ1n) is 12.7. The quantitative estimate of drug-likeness (QED) is 0.124. The van der Waals surface area contributed by atoms with E-state index in [4.69, 9.17) is 4.98 Å². The van der Waals surface area contributed by atoms with E-state index in [-0.39, 0.29) is 5.54 Å². The molecule has 0 aliphatic rings. The van der Waals surface area contributed by atoms with Crippen LogP contribution in [-0.4, -0.2) is 10.5 Å². The topological polar surface area (TPSA) is 43.1 Å². The molecule has 0 spiro atoms. The fraction of sp³-hybridized carbons (Fsp3) is 0.290. The zero-order valence-corrected chi connectivity index (χ0v) is 22.1. The third kappa shape index (κ3) is 6.93. The van der Waals surface area contributed by atoms with Gasteiger partial charge in [0.1, 0.15) is 5.82 Å². The second kappa shape index (κ2) is 11.8. The third-order valence-corrected chi connectivity index (χ3v) is 6.74. The van der Waals surface area contributed by atoms with E-state index in [1.54, 1.807) is 18.3 Å². The first kappa shape index (κ1) is 28.1. The first-order valence-corrected chi connectivity index (χ1v) is 12.7. The van der Waals surface area contributed by atoms with Gasteiger partial charge >= 0.3 is 0 Å². The number of alkyl halides is 4. The fourth-order valence-electron chi connectivity index (χ4n) is 4.63. The van der Waals surface area contributed by atoms with Crippen LogP contribution in [0.5, 0.6) is 0 Å². The Kier molecular flexibility index (Phi) is 8.53. The van der Waals surface area contributed by atoms with E-state index in [0.29, 0.717) is 23.3 Å². The molecule has 39 heavy (non-hydrogen) atoms. The van der Waals surface area contributed by atoms with E-state index in [1.165, 1.54) is 18.5 Å². The Morgan fingerprint density at radius 1 is 0.795 bits per heavy atom. The van der Waals surface area contributed by atoms with Crippen molar-refractivity contribution < 1.29 is 22.3 Å². The Labute approximate surface area is 226 Å². The number of nitrogens with zero attached hydrogens (tertiary/aromatic N) is 3. The van der Waals surface area contributed by atoms with E-state index in [9.17, 15) is 22.8 Å². The summed E-state index contributed by atoms with van der Waals surface area (Å²) in [4.78, 5) is 6.93. The molecule has 0 saturated carbocycles. The van der Waals surface area contributed by atoms with Crippen LogP contribution in [0, 0.1) is 5.21 Å². The number of rotatable bonds is 9. The predicted molar refractivity (Wildman–Crippen MR) is 144 cm³/mol. The molecule has 2 heterocycles. The zero-order chi connectivity index (χ0) is 28.2. The number of hydrogen-bond donors (Lipinski definition) is 0. The molecule has 8 heteroatoms. The standard InChI is InChI=1S/C31H31F4N3O/c1-31(2,3)38(20-22-7-5-4-6-8-22)28-12-10-24(19-36-28)26(17-21-13-15-37(39)16-14-21)23-9-11-25(29(32)33)27(18-23)30(34)35/h4-16,18-19,26,29-30H,17,20H2,1-3H3. The number of benzene rings is 2. The summed E-state index contributed by atoms with van der Waals surface area (Å²) in [6.45, 7) is 6.94. The Morgan fingerprint density at radius 2 is 1.44 bits per heavy atom. The molecule has 0 bridgehead atoms. The molecule has 2 aromatic carbocycles. The van der Waals surface area contributed by atoms with Gasteiger partial charge in [-0.3, -0.25) is 0 Å². The predicted octanol–water partition coefficient (Wildman–Crippen LogP) is 7.77. The molecule has 4 aromatic rings. The molecule has 0 fully saturated rings. The second-order valence-electron chi connectivity index (χ2n) is 10.5. The zero-order valence-electron chi connectivity index (χ0n) is 22.1. The van der Waals surface area contributed by atoms with Gasteiger partial charge in [0.05, 0.1) is 0 Å². The monoisotopic (exact) mass is 537 g/mol. The van der Waals surface area contributed by atoms with Gasteiger partial charge in [-0.05, 0) is 61.6 Å². The molecule has 0 saturated heterocycles. The molecular weight excluding hydrogens is 506 g/mol. The Morgan fingerprint density at radius 3 is 2.00 bits per heavy atom. The molecule has 204 valence electrons. The van der Waals surface area contributed by atoms with Gasteiger partial charge in [-0.2, -0.15) is 4.73 Å². The van der Waals surface area contributed by atoms with Gasteiger partial charge in [-0.1, -0.05) is 48.5 Å².